The van der Waals surface area contributed by atoms with Gasteiger partial charge in [-0.05, 0) is 53.8 Å². The van der Waals surface area contributed by atoms with Gasteiger partial charge in [-0.3, -0.25) is 9.10 Å². The summed E-state index contributed by atoms with van der Waals surface area (Å²) in [7, 11) is -3.57. The molecule has 0 atom stereocenters. The summed E-state index contributed by atoms with van der Waals surface area (Å²) in [5.41, 5.74) is 0.370. The normalized spacial score (nSPS) is 11.2. The van der Waals surface area contributed by atoms with Gasteiger partial charge in [-0.1, -0.05) is 0 Å². The summed E-state index contributed by atoms with van der Waals surface area (Å²) in [5.74, 6) is -1.31. The Balaban J connectivity index is 3.15. The van der Waals surface area contributed by atoms with E-state index in [1.165, 1.54) is 6.92 Å². The van der Waals surface area contributed by atoms with Gasteiger partial charge < -0.3 is 5.11 Å². The first-order chi connectivity index (χ1) is 7.86. The molecule has 0 saturated carbocycles. The molecule has 0 amide bonds. The quantitative estimate of drug-likeness (QED) is 0.799. The van der Waals surface area contributed by atoms with Crippen molar-refractivity contribution in [3.63, 3.8) is 0 Å². The maximum absolute atomic E-state index is 11.8. The predicted molar refractivity (Wildman–Crippen MR) is 73.6 cm³/mol. The molecule has 0 aromatic heterocycles. The van der Waals surface area contributed by atoms with Gasteiger partial charge in [0.2, 0.25) is 10.0 Å². The first-order valence-electron chi connectivity index (χ1n) is 4.84. The van der Waals surface area contributed by atoms with Crippen LogP contribution in [0.25, 0.3) is 0 Å². The lowest BCUT2D eigenvalue weighted by Gasteiger charge is -2.21. The number of carboxylic acid groups (broad SMARTS) is 1. The highest BCUT2D eigenvalue weighted by atomic mass is 127. The van der Waals surface area contributed by atoms with Crippen molar-refractivity contribution in [2.24, 2.45) is 0 Å². The first kappa shape index (κ1) is 14.2. The SMILES string of the molecule is CCS(=O)(=O)N(CC(=O)O)c1ccc(I)cc1. The molecule has 1 aromatic carbocycles. The number of aliphatic carboxylic acids is 1. The highest BCUT2D eigenvalue weighted by Gasteiger charge is 2.22. The third kappa shape index (κ3) is 3.84. The summed E-state index contributed by atoms with van der Waals surface area (Å²) in [4.78, 5) is 10.7. The molecule has 0 radical (unpaired) electrons. The van der Waals surface area contributed by atoms with Crippen LogP contribution < -0.4 is 4.31 Å². The number of sulfonamides is 1. The Hall–Kier alpha value is -0.830. The second kappa shape index (κ2) is 5.67. The van der Waals surface area contributed by atoms with Gasteiger partial charge in [0.1, 0.15) is 6.54 Å². The Morgan fingerprint density at radius 1 is 1.35 bits per heavy atom. The van der Waals surface area contributed by atoms with E-state index in [1.807, 2.05) is 0 Å². The number of anilines is 1. The summed E-state index contributed by atoms with van der Waals surface area (Å²) in [6, 6.07) is 6.65. The highest BCUT2D eigenvalue weighted by Crippen LogP contribution is 2.19. The van der Waals surface area contributed by atoms with Crippen molar-refractivity contribution in [1.29, 1.82) is 0 Å². The number of benzene rings is 1. The summed E-state index contributed by atoms with van der Waals surface area (Å²) in [5, 5.41) is 8.75. The molecule has 1 N–H and O–H groups in total. The molecule has 0 saturated heterocycles. The molecule has 0 aliphatic rings. The molecular weight excluding hydrogens is 357 g/mol. The Morgan fingerprint density at radius 3 is 2.29 bits per heavy atom. The number of halogens is 1. The van der Waals surface area contributed by atoms with E-state index < -0.39 is 22.5 Å². The summed E-state index contributed by atoms with van der Waals surface area (Å²) < 4.78 is 25.4. The van der Waals surface area contributed by atoms with Gasteiger partial charge in [-0.25, -0.2) is 8.42 Å². The monoisotopic (exact) mass is 369 g/mol. The summed E-state index contributed by atoms with van der Waals surface area (Å²) >= 11 is 2.09. The highest BCUT2D eigenvalue weighted by molar-refractivity contribution is 14.1. The van der Waals surface area contributed by atoms with Crippen LogP contribution in [-0.2, 0) is 14.8 Å². The molecule has 0 bridgehead atoms. The minimum Gasteiger partial charge on any atom is -0.480 e. The zero-order valence-electron chi connectivity index (χ0n) is 9.13. The molecule has 0 unspecified atom stereocenters. The largest absolute Gasteiger partial charge is 0.480 e. The maximum Gasteiger partial charge on any atom is 0.324 e. The van der Waals surface area contributed by atoms with Gasteiger partial charge in [0.15, 0.2) is 0 Å². The molecule has 1 rings (SSSR count). The lowest BCUT2D eigenvalue weighted by molar-refractivity contribution is -0.135. The van der Waals surface area contributed by atoms with Crippen LogP contribution in [-0.4, -0.2) is 31.8 Å². The topological polar surface area (TPSA) is 74.7 Å². The van der Waals surface area contributed by atoms with Crippen LogP contribution in [0.3, 0.4) is 0 Å². The lowest BCUT2D eigenvalue weighted by Crippen LogP contribution is -2.36. The fraction of sp³-hybridized carbons (Fsp3) is 0.300. The van der Waals surface area contributed by atoms with Crippen molar-refractivity contribution in [2.45, 2.75) is 6.92 Å². The third-order valence-electron chi connectivity index (χ3n) is 2.09. The zero-order valence-corrected chi connectivity index (χ0v) is 12.1. The van der Waals surface area contributed by atoms with E-state index in [0.29, 0.717) is 5.69 Å². The van der Waals surface area contributed by atoms with Crippen molar-refractivity contribution in [3.8, 4) is 0 Å². The van der Waals surface area contributed by atoms with Crippen LogP contribution in [0.1, 0.15) is 6.92 Å². The number of carbonyl (C=O) groups is 1. The van der Waals surface area contributed by atoms with Crippen molar-refractivity contribution >= 4 is 44.3 Å². The Bertz CT molecular complexity index is 498. The molecule has 0 heterocycles. The average molecular weight is 369 g/mol. The standard InChI is InChI=1S/C10H12INO4S/c1-2-17(15,16)12(7-10(13)14)9-5-3-8(11)4-6-9/h3-6H,2,7H2,1H3,(H,13,14). The van der Waals surface area contributed by atoms with Gasteiger partial charge in [-0.15, -0.1) is 0 Å². The van der Waals surface area contributed by atoms with Crippen molar-refractivity contribution in [2.75, 3.05) is 16.6 Å². The average Bonchev–Trinajstić information content (AvgIpc) is 2.27. The van der Waals surface area contributed by atoms with Crippen LogP contribution in [0.4, 0.5) is 5.69 Å². The second-order valence-corrected chi connectivity index (χ2v) is 6.70. The number of hydrogen-bond donors (Lipinski definition) is 1. The minimum atomic E-state index is -3.57. The Morgan fingerprint density at radius 2 is 1.88 bits per heavy atom. The van der Waals surface area contributed by atoms with Gasteiger partial charge in [-0.2, -0.15) is 0 Å². The van der Waals surface area contributed by atoms with E-state index in [1.54, 1.807) is 24.3 Å². The van der Waals surface area contributed by atoms with Crippen molar-refractivity contribution in [1.82, 2.24) is 0 Å². The van der Waals surface area contributed by atoms with E-state index >= 15 is 0 Å². The predicted octanol–water partition coefficient (Wildman–Crippen LogP) is 1.53. The molecule has 17 heavy (non-hydrogen) atoms. The molecule has 1 aromatic rings. The Labute approximate surface area is 114 Å². The van der Waals surface area contributed by atoms with E-state index in [4.69, 9.17) is 5.11 Å². The molecule has 5 nitrogen and oxygen atoms in total. The molecular formula is C10H12INO4S. The molecule has 0 spiro atoms. The smallest absolute Gasteiger partial charge is 0.324 e. The first-order valence-corrected chi connectivity index (χ1v) is 7.53. The number of nitrogens with zero attached hydrogens (tertiary/aromatic N) is 1. The molecule has 94 valence electrons. The molecule has 0 aliphatic carbocycles. The van der Waals surface area contributed by atoms with E-state index in [-0.39, 0.29) is 5.75 Å². The third-order valence-corrected chi connectivity index (χ3v) is 4.55. The second-order valence-electron chi connectivity index (χ2n) is 3.28. The zero-order chi connectivity index (χ0) is 13.1. The summed E-state index contributed by atoms with van der Waals surface area (Å²) in [6.45, 7) is 0.924. The minimum absolute atomic E-state index is 0.133. The van der Waals surface area contributed by atoms with Crippen LogP contribution in [0.15, 0.2) is 24.3 Å². The molecule has 0 fully saturated rings. The van der Waals surface area contributed by atoms with E-state index in [0.717, 1.165) is 7.88 Å². The van der Waals surface area contributed by atoms with Crippen LogP contribution in [0, 0.1) is 3.57 Å². The van der Waals surface area contributed by atoms with Gasteiger partial charge in [0.25, 0.3) is 0 Å². The number of carboxylic acids is 1. The van der Waals surface area contributed by atoms with Gasteiger partial charge >= 0.3 is 5.97 Å². The fourth-order valence-corrected chi connectivity index (χ4v) is 2.66. The lowest BCUT2D eigenvalue weighted by atomic mass is 10.3. The Kier molecular flexibility index (Phi) is 4.75. The van der Waals surface area contributed by atoms with Gasteiger partial charge in [0.05, 0.1) is 11.4 Å². The van der Waals surface area contributed by atoms with Gasteiger partial charge in [0, 0.05) is 3.57 Å². The summed E-state index contributed by atoms with van der Waals surface area (Å²) in [6.07, 6.45) is 0. The van der Waals surface area contributed by atoms with E-state index in [2.05, 4.69) is 22.6 Å². The van der Waals surface area contributed by atoms with Crippen LogP contribution in [0.5, 0.6) is 0 Å². The molecule has 7 heteroatoms. The van der Waals surface area contributed by atoms with Crippen LogP contribution in [0.2, 0.25) is 0 Å². The van der Waals surface area contributed by atoms with E-state index in [9.17, 15) is 13.2 Å². The fourth-order valence-electron chi connectivity index (χ4n) is 1.24. The van der Waals surface area contributed by atoms with Crippen molar-refractivity contribution in [3.05, 3.63) is 27.8 Å². The van der Waals surface area contributed by atoms with Crippen LogP contribution >= 0.6 is 22.6 Å². The van der Waals surface area contributed by atoms with Crippen molar-refractivity contribution < 1.29 is 18.3 Å². The maximum atomic E-state index is 11.8. The number of rotatable bonds is 5. The number of hydrogen-bond acceptors (Lipinski definition) is 3. The molecule has 0 aliphatic heterocycles.